The topological polar surface area (TPSA) is 79.6 Å². The Morgan fingerprint density at radius 1 is 1.48 bits per heavy atom. The summed E-state index contributed by atoms with van der Waals surface area (Å²) in [7, 11) is -3.61. The molecule has 0 aromatic carbocycles. The molecule has 1 fully saturated rings. The molecule has 0 amide bonds. The van der Waals surface area contributed by atoms with E-state index in [1.807, 2.05) is 6.92 Å². The molecule has 1 aromatic rings. The molecule has 1 N–H and O–H groups in total. The fourth-order valence-electron chi connectivity index (χ4n) is 2.37. The Hall–Kier alpha value is -0.990. The number of hydrogen-bond acceptors (Lipinski definition) is 4. The van der Waals surface area contributed by atoms with Crippen molar-refractivity contribution in [3.63, 3.8) is 0 Å². The lowest BCUT2D eigenvalue weighted by Crippen LogP contribution is -2.41. The number of carboxylic acids is 1. The third kappa shape index (κ3) is 3.27. The third-order valence-electron chi connectivity index (χ3n) is 3.63. The van der Waals surface area contributed by atoms with Crippen LogP contribution in [0.25, 0.3) is 0 Å². The molecule has 1 atom stereocenters. The van der Waals surface area contributed by atoms with Crippen LogP contribution < -0.4 is 0 Å². The van der Waals surface area contributed by atoms with Crippen LogP contribution in [-0.4, -0.2) is 52.5 Å². The van der Waals surface area contributed by atoms with Crippen LogP contribution in [0.3, 0.4) is 0 Å². The van der Waals surface area contributed by atoms with Gasteiger partial charge in [-0.3, -0.25) is 0 Å². The molecular formula is C13H20N2O4S2. The molecule has 1 aliphatic heterocycles. The number of hydrogen-bond donors (Lipinski definition) is 1. The number of aromatic carboxylic acids is 1. The largest absolute Gasteiger partial charge is 0.477 e. The molecular weight excluding hydrogens is 312 g/mol. The smallest absolute Gasteiger partial charge is 0.352 e. The minimum Gasteiger partial charge on any atom is -0.477 e. The van der Waals surface area contributed by atoms with E-state index in [1.165, 1.54) is 21.1 Å². The zero-order chi connectivity index (χ0) is 15.6. The molecule has 21 heavy (non-hydrogen) atoms. The summed E-state index contributed by atoms with van der Waals surface area (Å²) >= 11 is 1.79. The van der Waals surface area contributed by atoms with Gasteiger partial charge in [0, 0.05) is 36.8 Å². The second-order valence-corrected chi connectivity index (χ2v) is 8.26. The average Bonchev–Trinajstić information content (AvgIpc) is 2.92. The lowest BCUT2D eigenvalue weighted by molar-refractivity contribution is 0.0685. The van der Waals surface area contributed by atoms with Crippen LogP contribution >= 0.6 is 11.8 Å². The summed E-state index contributed by atoms with van der Waals surface area (Å²) in [6.07, 6.45) is 2.34. The lowest BCUT2D eigenvalue weighted by atomic mass is 10.3. The van der Waals surface area contributed by atoms with E-state index in [1.54, 1.807) is 18.7 Å². The van der Waals surface area contributed by atoms with Crippen molar-refractivity contribution in [1.29, 1.82) is 0 Å². The van der Waals surface area contributed by atoms with E-state index >= 15 is 0 Å². The SMILES string of the molecule is CCC1CN(S(=O)(=O)c2cc(C(=O)O)n(CC)c2)CCS1. The standard InChI is InChI=1S/C13H20N2O4S2/c1-3-10-8-15(5-6-20-10)21(18,19)11-7-12(13(16)17)14(4-2)9-11/h7,9-10H,3-6,8H2,1-2H3,(H,16,17). The Labute approximate surface area is 129 Å². The molecule has 0 radical (unpaired) electrons. The van der Waals surface area contributed by atoms with Crippen molar-refractivity contribution in [2.75, 3.05) is 18.8 Å². The monoisotopic (exact) mass is 332 g/mol. The number of carboxylic acid groups (broad SMARTS) is 1. The Balaban J connectivity index is 2.33. The first-order valence-electron chi connectivity index (χ1n) is 6.95. The van der Waals surface area contributed by atoms with E-state index in [9.17, 15) is 13.2 Å². The minimum atomic E-state index is -3.61. The van der Waals surface area contributed by atoms with Crippen molar-refractivity contribution in [3.05, 3.63) is 18.0 Å². The van der Waals surface area contributed by atoms with E-state index in [0.29, 0.717) is 24.9 Å². The zero-order valence-corrected chi connectivity index (χ0v) is 13.8. The van der Waals surface area contributed by atoms with Crippen molar-refractivity contribution >= 4 is 27.8 Å². The number of nitrogens with zero attached hydrogens (tertiary/aromatic N) is 2. The molecule has 1 aliphatic rings. The highest BCUT2D eigenvalue weighted by atomic mass is 32.2. The van der Waals surface area contributed by atoms with Crippen LogP contribution in [0.15, 0.2) is 17.2 Å². The second kappa shape index (κ2) is 6.41. The van der Waals surface area contributed by atoms with Crippen LogP contribution in [0.2, 0.25) is 0 Å². The number of sulfonamides is 1. The van der Waals surface area contributed by atoms with Gasteiger partial charge in [0.05, 0.1) is 0 Å². The third-order valence-corrected chi connectivity index (χ3v) is 6.83. The highest BCUT2D eigenvalue weighted by molar-refractivity contribution is 8.00. The first kappa shape index (κ1) is 16.4. The molecule has 0 aliphatic carbocycles. The van der Waals surface area contributed by atoms with Crippen molar-refractivity contribution in [3.8, 4) is 0 Å². The average molecular weight is 332 g/mol. The molecule has 2 rings (SSSR count). The fraction of sp³-hybridized carbons (Fsp3) is 0.615. The number of thioether (sulfide) groups is 1. The summed E-state index contributed by atoms with van der Waals surface area (Å²) in [4.78, 5) is 11.2. The van der Waals surface area contributed by atoms with Crippen LogP contribution in [0.5, 0.6) is 0 Å². The maximum atomic E-state index is 12.7. The maximum absolute atomic E-state index is 12.7. The van der Waals surface area contributed by atoms with Crippen LogP contribution in [-0.2, 0) is 16.6 Å². The summed E-state index contributed by atoms with van der Waals surface area (Å²) in [5.74, 6) is -0.336. The van der Waals surface area contributed by atoms with Gasteiger partial charge < -0.3 is 9.67 Å². The van der Waals surface area contributed by atoms with Crippen molar-refractivity contribution in [2.24, 2.45) is 0 Å². The molecule has 1 saturated heterocycles. The molecule has 2 heterocycles. The summed E-state index contributed by atoms with van der Waals surface area (Å²) < 4.78 is 28.2. The lowest BCUT2D eigenvalue weighted by Gasteiger charge is -2.30. The molecule has 0 spiro atoms. The van der Waals surface area contributed by atoms with Gasteiger partial charge in [0.25, 0.3) is 0 Å². The number of rotatable bonds is 5. The first-order chi connectivity index (χ1) is 9.90. The van der Waals surface area contributed by atoms with Crippen molar-refractivity contribution < 1.29 is 18.3 Å². The Kier molecular flexibility index (Phi) is 5.00. The van der Waals surface area contributed by atoms with E-state index in [0.717, 1.165) is 12.2 Å². The van der Waals surface area contributed by atoms with Gasteiger partial charge in [0.2, 0.25) is 10.0 Å². The molecule has 0 bridgehead atoms. The summed E-state index contributed by atoms with van der Waals surface area (Å²) in [6, 6.07) is 1.25. The Morgan fingerprint density at radius 2 is 2.19 bits per heavy atom. The van der Waals surface area contributed by atoms with Gasteiger partial charge >= 0.3 is 5.97 Å². The van der Waals surface area contributed by atoms with Gasteiger partial charge in [-0.15, -0.1) is 0 Å². The Bertz CT molecular complexity index is 624. The predicted octanol–water partition coefficient (Wildman–Crippen LogP) is 1.72. The molecule has 1 unspecified atom stereocenters. The van der Waals surface area contributed by atoms with E-state index < -0.39 is 16.0 Å². The van der Waals surface area contributed by atoms with E-state index in [-0.39, 0.29) is 10.6 Å². The second-order valence-electron chi connectivity index (χ2n) is 4.92. The van der Waals surface area contributed by atoms with Crippen molar-refractivity contribution in [1.82, 2.24) is 8.87 Å². The number of aromatic nitrogens is 1. The van der Waals surface area contributed by atoms with Crippen LogP contribution in [0, 0.1) is 0 Å². The maximum Gasteiger partial charge on any atom is 0.352 e. The minimum absolute atomic E-state index is 0.00880. The van der Waals surface area contributed by atoms with Crippen molar-refractivity contribution in [2.45, 2.75) is 37.0 Å². The highest BCUT2D eigenvalue weighted by Crippen LogP contribution is 2.27. The first-order valence-corrected chi connectivity index (χ1v) is 9.44. The van der Waals surface area contributed by atoms with Gasteiger partial charge in [0.15, 0.2) is 0 Å². The van der Waals surface area contributed by atoms with Crippen LogP contribution in [0.4, 0.5) is 0 Å². The van der Waals surface area contributed by atoms with Gasteiger partial charge in [-0.25, -0.2) is 13.2 Å². The quantitative estimate of drug-likeness (QED) is 0.888. The zero-order valence-electron chi connectivity index (χ0n) is 12.2. The predicted molar refractivity (Wildman–Crippen MR) is 82.4 cm³/mol. The van der Waals surface area contributed by atoms with E-state index in [4.69, 9.17) is 5.11 Å². The molecule has 6 nitrogen and oxygen atoms in total. The normalized spacial score (nSPS) is 20.6. The summed E-state index contributed by atoms with van der Waals surface area (Å²) in [6.45, 7) is 5.22. The van der Waals surface area contributed by atoms with Crippen LogP contribution in [0.1, 0.15) is 30.8 Å². The van der Waals surface area contributed by atoms with Gasteiger partial charge in [-0.1, -0.05) is 6.92 Å². The Morgan fingerprint density at radius 3 is 2.71 bits per heavy atom. The van der Waals surface area contributed by atoms with Gasteiger partial charge in [0.1, 0.15) is 10.6 Å². The number of aryl methyl sites for hydroxylation is 1. The number of carbonyl (C=O) groups is 1. The molecule has 8 heteroatoms. The molecule has 118 valence electrons. The highest BCUT2D eigenvalue weighted by Gasteiger charge is 2.31. The summed E-state index contributed by atoms with van der Waals surface area (Å²) in [5, 5.41) is 9.44. The van der Waals surface area contributed by atoms with E-state index in [2.05, 4.69) is 0 Å². The summed E-state index contributed by atoms with van der Waals surface area (Å²) in [5.41, 5.74) is 0.00880. The van der Waals surface area contributed by atoms with Gasteiger partial charge in [-0.2, -0.15) is 16.1 Å². The van der Waals surface area contributed by atoms with Gasteiger partial charge in [-0.05, 0) is 19.4 Å². The molecule has 1 aromatic heterocycles. The molecule has 0 saturated carbocycles. The fourth-order valence-corrected chi connectivity index (χ4v) is 5.29.